The molecule has 1 heterocycles. The number of aliphatic hydroxyl groups excluding tert-OH is 1. The molecule has 0 saturated carbocycles. The first-order valence-electron chi connectivity index (χ1n) is 6.10. The van der Waals surface area contributed by atoms with Gasteiger partial charge in [0.2, 0.25) is 0 Å². The van der Waals surface area contributed by atoms with Crippen molar-refractivity contribution in [1.29, 1.82) is 0 Å². The Morgan fingerprint density at radius 2 is 2.00 bits per heavy atom. The zero-order valence-corrected chi connectivity index (χ0v) is 10.7. The molecule has 1 aromatic heterocycles. The van der Waals surface area contributed by atoms with Crippen molar-refractivity contribution in [2.24, 2.45) is 7.05 Å². The molecule has 16 heavy (non-hydrogen) atoms. The van der Waals surface area contributed by atoms with Gasteiger partial charge in [0.25, 0.3) is 0 Å². The van der Waals surface area contributed by atoms with Crippen molar-refractivity contribution in [2.45, 2.75) is 39.7 Å². The molecule has 1 rings (SSSR count). The van der Waals surface area contributed by atoms with Gasteiger partial charge in [0.15, 0.2) is 0 Å². The summed E-state index contributed by atoms with van der Waals surface area (Å²) in [5.41, 5.74) is 4.05. The summed E-state index contributed by atoms with van der Waals surface area (Å²) in [7, 11) is 2.11. The largest absolute Gasteiger partial charge is 0.396 e. The molecule has 0 amide bonds. The van der Waals surface area contributed by atoms with Crippen LogP contribution in [-0.2, 0) is 13.6 Å². The average molecular weight is 224 g/mol. The van der Waals surface area contributed by atoms with Gasteiger partial charge in [0.1, 0.15) is 0 Å². The third-order valence-corrected chi connectivity index (χ3v) is 3.21. The van der Waals surface area contributed by atoms with E-state index in [-0.39, 0.29) is 0 Å². The molecule has 0 bridgehead atoms. The van der Waals surface area contributed by atoms with Crippen molar-refractivity contribution in [3.63, 3.8) is 0 Å². The number of aryl methyl sites for hydroxylation is 1. The highest BCUT2D eigenvalue weighted by molar-refractivity contribution is 5.26. The van der Waals surface area contributed by atoms with Crippen molar-refractivity contribution >= 4 is 0 Å². The zero-order chi connectivity index (χ0) is 12.0. The fourth-order valence-corrected chi connectivity index (χ4v) is 1.87. The Morgan fingerprint density at radius 3 is 2.56 bits per heavy atom. The summed E-state index contributed by atoms with van der Waals surface area (Å²) in [5, 5.41) is 12.1. The van der Waals surface area contributed by atoms with Crippen molar-refractivity contribution in [2.75, 3.05) is 13.2 Å². The molecular weight excluding hydrogens is 200 g/mol. The number of aromatic nitrogens is 1. The summed E-state index contributed by atoms with van der Waals surface area (Å²) in [6.07, 6.45) is 3.17. The molecule has 0 spiro atoms. The number of hydrogen-bond acceptors (Lipinski definition) is 2. The van der Waals surface area contributed by atoms with Gasteiger partial charge in [-0.05, 0) is 51.3 Å². The Hall–Kier alpha value is -0.800. The van der Waals surface area contributed by atoms with Crippen LogP contribution in [0.15, 0.2) is 6.07 Å². The van der Waals surface area contributed by atoms with E-state index in [0.717, 1.165) is 32.4 Å². The summed E-state index contributed by atoms with van der Waals surface area (Å²) in [4.78, 5) is 0. The van der Waals surface area contributed by atoms with Crippen LogP contribution in [-0.4, -0.2) is 22.8 Å². The number of aliphatic hydroxyl groups is 1. The molecule has 2 N–H and O–H groups in total. The van der Waals surface area contributed by atoms with E-state index >= 15 is 0 Å². The highest BCUT2D eigenvalue weighted by Crippen LogP contribution is 2.12. The first kappa shape index (κ1) is 13.3. The van der Waals surface area contributed by atoms with Crippen LogP contribution in [0.2, 0.25) is 0 Å². The van der Waals surface area contributed by atoms with Crippen LogP contribution in [0.5, 0.6) is 0 Å². The number of nitrogens with one attached hydrogen (secondary N) is 1. The van der Waals surface area contributed by atoms with Crippen LogP contribution in [0.25, 0.3) is 0 Å². The molecule has 92 valence electrons. The summed E-state index contributed by atoms with van der Waals surface area (Å²) < 4.78 is 2.22. The molecule has 0 fully saturated rings. The summed E-state index contributed by atoms with van der Waals surface area (Å²) in [6.45, 7) is 6.60. The summed E-state index contributed by atoms with van der Waals surface area (Å²) >= 11 is 0. The molecule has 0 aromatic carbocycles. The maximum absolute atomic E-state index is 8.65. The second-order valence-electron chi connectivity index (χ2n) is 4.42. The third-order valence-electron chi connectivity index (χ3n) is 3.21. The van der Waals surface area contributed by atoms with E-state index < -0.39 is 0 Å². The second kappa shape index (κ2) is 6.71. The highest BCUT2D eigenvalue weighted by atomic mass is 16.2. The standard InChI is InChI=1S/C13H24N2O/c1-11-9-13(12(2)15(11)3)10-14-7-5-4-6-8-16/h9,14,16H,4-8,10H2,1-3H3. The first-order valence-corrected chi connectivity index (χ1v) is 6.10. The lowest BCUT2D eigenvalue weighted by Crippen LogP contribution is -2.15. The molecule has 1 aromatic rings. The molecule has 0 atom stereocenters. The van der Waals surface area contributed by atoms with Gasteiger partial charge in [-0.15, -0.1) is 0 Å². The predicted octanol–water partition coefficient (Wildman–Crippen LogP) is 1.89. The normalized spacial score (nSPS) is 11.0. The smallest absolute Gasteiger partial charge is 0.0431 e. The summed E-state index contributed by atoms with van der Waals surface area (Å²) in [6, 6.07) is 2.25. The fraction of sp³-hybridized carbons (Fsp3) is 0.692. The topological polar surface area (TPSA) is 37.2 Å². The van der Waals surface area contributed by atoms with E-state index in [1.807, 2.05) is 0 Å². The van der Waals surface area contributed by atoms with E-state index in [1.165, 1.54) is 17.0 Å². The van der Waals surface area contributed by atoms with Crippen molar-refractivity contribution < 1.29 is 5.11 Å². The minimum absolute atomic E-state index is 0.316. The molecule has 0 aliphatic rings. The zero-order valence-electron chi connectivity index (χ0n) is 10.7. The van der Waals surface area contributed by atoms with Gasteiger partial charge < -0.3 is 15.0 Å². The van der Waals surface area contributed by atoms with E-state index in [9.17, 15) is 0 Å². The van der Waals surface area contributed by atoms with Gasteiger partial charge in [-0.2, -0.15) is 0 Å². The lowest BCUT2D eigenvalue weighted by molar-refractivity contribution is 0.283. The molecule has 0 aliphatic carbocycles. The second-order valence-corrected chi connectivity index (χ2v) is 4.42. The van der Waals surface area contributed by atoms with Crippen LogP contribution < -0.4 is 5.32 Å². The van der Waals surface area contributed by atoms with E-state index in [1.54, 1.807) is 0 Å². The van der Waals surface area contributed by atoms with Crippen LogP contribution in [0.3, 0.4) is 0 Å². The van der Waals surface area contributed by atoms with Crippen LogP contribution >= 0.6 is 0 Å². The van der Waals surface area contributed by atoms with Gasteiger partial charge in [-0.1, -0.05) is 0 Å². The molecule has 0 radical (unpaired) electrons. The number of hydrogen-bond donors (Lipinski definition) is 2. The van der Waals surface area contributed by atoms with Crippen molar-refractivity contribution in [1.82, 2.24) is 9.88 Å². The van der Waals surface area contributed by atoms with Gasteiger partial charge in [-0.3, -0.25) is 0 Å². The number of nitrogens with zero attached hydrogens (tertiary/aromatic N) is 1. The molecule has 0 unspecified atom stereocenters. The minimum Gasteiger partial charge on any atom is -0.396 e. The lowest BCUT2D eigenvalue weighted by Gasteiger charge is -2.05. The van der Waals surface area contributed by atoms with Crippen LogP contribution in [0.4, 0.5) is 0 Å². The first-order chi connectivity index (χ1) is 7.66. The van der Waals surface area contributed by atoms with Crippen LogP contribution in [0, 0.1) is 13.8 Å². The van der Waals surface area contributed by atoms with Gasteiger partial charge in [0.05, 0.1) is 0 Å². The van der Waals surface area contributed by atoms with Crippen molar-refractivity contribution in [3.8, 4) is 0 Å². The summed E-state index contributed by atoms with van der Waals surface area (Å²) in [5.74, 6) is 0. The third kappa shape index (κ3) is 3.65. The van der Waals surface area contributed by atoms with E-state index in [0.29, 0.717) is 6.61 Å². The average Bonchev–Trinajstić information content (AvgIpc) is 2.51. The molecule has 3 heteroatoms. The molecule has 3 nitrogen and oxygen atoms in total. The Labute approximate surface area is 98.5 Å². The quantitative estimate of drug-likeness (QED) is 0.694. The van der Waals surface area contributed by atoms with E-state index in [2.05, 4.69) is 36.8 Å². The fourth-order valence-electron chi connectivity index (χ4n) is 1.87. The van der Waals surface area contributed by atoms with Crippen molar-refractivity contribution in [3.05, 3.63) is 23.0 Å². The molecular formula is C13H24N2O. The Balaban J connectivity index is 2.24. The maximum Gasteiger partial charge on any atom is 0.0431 e. The molecule has 0 aliphatic heterocycles. The van der Waals surface area contributed by atoms with Crippen LogP contribution in [0.1, 0.15) is 36.2 Å². The lowest BCUT2D eigenvalue weighted by atomic mass is 10.2. The van der Waals surface area contributed by atoms with E-state index in [4.69, 9.17) is 5.11 Å². The Bertz CT molecular complexity index is 318. The number of unbranched alkanes of at least 4 members (excludes halogenated alkanes) is 2. The number of rotatable bonds is 7. The minimum atomic E-state index is 0.316. The Kier molecular flexibility index (Phi) is 5.56. The highest BCUT2D eigenvalue weighted by Gasteiger charge is 2.04. The maximum atomic E-state index is 8.65. The predicted molar refractivity (Wildman–Crippen MR) is 67.5 cm³/mol. The Morgan fingerprint density at radius 1 is 1.25 bits per heavy atom. The monoisotopic (exact) mass is 224 g/mol. The van der Waals surface area contributed by atoms with Gasteiger partial charge in [-0.25, -0.2) is 0 Å². The van der Waals surface area contributed by atoms with Gasteiger partial charge in [0, 0.05) is 31.6 Å². The SMILES string of the molecule is Cc1cc(CNCCCCCO)c(C)n1C. The molecule has 0 saturated heterocycles. The van der Waals surface area contributed by atoms with Gasteiger partial charge >= 0.3 is 0 Å².